The van der Waals surface area contributed by atoms with Gasteiger partial charge >= 0.3 is 0 Å². The first-order valence-corrected chi connectivity index (χ1v) is 9.85. The SMILES string of the molecule is CCCCCCCCCC(NCC)c1cc(Cl)c(Br)s1. The predicted octanol–water partition coefficient (Wildman–Crippen LogP) is 6.96. The lowest BCUT2D eigenvalue weighted by molar-refractivity contribution is 0.481. The van der Waals surface area contributed by atoms with Crippen molar-refractivity contribution in [2.24, 2.45) is 0 Å². The van der Waals surface area contributed by atoms with E-state index in [0.29, 0.717) is 6.04 Å². The summed E-state index contributed by atoms with van der Waals surface area (Å²) in [6.07, 6.45) is 10.8. The van der Waals surface area contributed by atoms with Crippen LogP contribution in [0.2, 0.25) is 5.02 Å². The molecule has 1 atom stereocenters. The second kappa shape index (κ2) is 11.1. The molecular formula is C16H27BrClNS. The maximum atomic E-state index is 6.14. The largest absolute Gasteiger partial charge is 0.310 e. The molecule has 0 saturated carbocycles. The van der Waals surface area contributed by atoms with Gasteiger partial charge in [-0.1, -0.05) is 70.4 Å². The van der Waals surface area contributed by atoms with Crippen molar-refractivity contribution in [1.29, 1.82) is 0 Å². The highest BCUT2D eigenvalue weighted by molar-refractivity contribution is 9.11. The van der Waals surface area contributed by atoms with Crippen LogP contribution in [0, 0.1) is 0 Å². The Balaban J connectivity index is 2.29. The fourth-order valence-corrected chi connectivity index (χ4v) is 4.29. The molecule has 0 aromatic carbocycles. The summed E-state index contributed by atoms with van der Waals surface area (Å²) in [4.78, 5) is 1.36. The van der Waals surface area contributed by atoms with Crippen molar-refractivity contribution in [3.05, 3.63) is 19.8 Å². The topological polar surface area (TPSA) is 12.0 Å². The van der Waals surface area contributed by atoms with E-state index in [9.17, 15) is 0 Å². The summed E-state index contributed by atoms with van der Waals surface area (Å²) in [5.74, 6) is 0. The van der Waals surface area contributed by atoms with E-state index in [1.165, 1.54) is 56.2 Å². The second-order valence-corrected chi connectivity index (χ2v) is 8.10. The van der Waals surface area contributed by atoms with Crippen LogP contribution in [-0.4, -0.2) is 6.54 Å². The van der Waals surface area contributed by atoms with Crippen LogP contribution in [0.25, 0.3) is 0 Å². The molecule has 1 N–H and O–H groups in total. The maximum absolute atomic E-state index is 6.14. The first kappa shape index (κ1) is 18.5. The number of rotatable bonds is 11. The van der Waals surface area contributed by atoms with Gasteiger partial charge < -0.3 is 5.32 Å². The summed E-state index contributed by atoms with van der Waals surface area (Å²) >= 11 is 11.4. The molecule has 0 amide bonds. The maximum Gasteiger partial charge on any atom is 0.0887 e. The lowest BCUT2D eigenvalue weighted by Crippen LogP contribution is -2.19. The first-order valence-electron chi connectivity index (χ1n) is 7.87. The van der Waals surface area contributed by atoms with E-state index in [1.54, 1.807) is 11.3 Å². The van der Waals surface area contributed by atoms with Gasteiger partial charge in [0.2, 0.25) is 0 Å². The molecule has 0 aliphatic carbocycles. The highest BCUT2D eigenvalue weighted by Gasteiger charge is 2.14. The van der Waals surface area contributed by atoms with Crippen molar-refractivity contribution in [1.82, 2.24) is 5.32 Å². The van der Waals surface area contributed by atoms with Crippen molar-refractivity contribution >= 4 is 38.9 Å². The van der Waals surface area contributed by atoms with Crippen LogP contribution in [0.3, 0.4) is 0 Å². The van der Waals surface area contributed by atoms with Gasteiger partial charge in [0.25, 0.3) is 0 Å². The zero-order valence-electron chi connectivity index (χ0n) is 12.7. The fourth-order valence-electron chi connectivity index (χ4n) is 2.43. The number of nitrogens with one attached hydrogen (secondary N) is 1. The molecule has 0 spiro atoms. The molecule has 20 heavy (non-hydrogen) atoms. The quantitative estimate of drug-likeness (QED) is 0.409. The molecular weight excluding hydrogens is 354 g/mol. The Hall–Kier alpha value is 0.430. The van der Waals surface area contributed by atoms with Crippen molar-refractivity contribution in [3.8, 4) is 0 Å². The molecule has 0 saturated heterocycles. The van der Waals surface area contributed by atoms with Crippen molar-refractivity contribution in [2.45, 2.75) is 71.3 Å². The van der Waals surface area contributed by atoms with Gasteiger partial charge in [0.15, 0.2) is 0 Å². The van der Waals surface area contributed by atoms with Crippen molar-refractivity contribution in [3.63, 3.8) is 0 Å². The second-order valence-electron chi connectivity index (χ2n) is 5.29. The summed E-state index contributed by atoms with van der Waals surface area (Å²) in [5, 5.41) is 4.42. The Morgan fingerprint density at radius 3 is 2.35 bits per heavy atom. The third-order valence-corrected chi connectivity index (χ3v) is 6.14. The van der Waals surface area contributed by atoms with Crippen LogP contribution in [0.15, 0.2) is 9.85 Å². The molecule has 4 heteroatoms. The molecule has 0 fully saturated rings. The molecule has 1 rings (SSSR count). The van der Waals surface area contributed by atoms with Gasteiger partial charge in [-0.15, -0.1) is 11.3 Å². The minimum Gasteiger partial charge on any atom is -0.310 e. The number of thiophene rings is 1. The van der Waals surface area contributed by atoms with Gasteiger partial charge in [-0.05, 0) is 35.0 Å². The van der Waals surface area contributed by atoms with Crippen LogP contribution in [0.4, 0.5) is 0 Å². The Morgan fingerprint density at radius 2 is 1.80 bits per heavy atom. The Kier molecular flexibility index (Phi) is 10.2. The Morgan fingerprint density at radius 1 is 1.15 bits per heavy atom. The van der Waals surface area contributed by atoms with Crippen LogP contribution < -0.4 is 5.32 Å². The van der Waals surface area contributed by atoms with E-state index in [1.807, 2.05) is 0 Å². The molecule has 0 aliphatic heterocycles. The predicted molar refractivity (Wildman–Crippen MR) is 96.1 cm³/mol. The van der Waals surface area contributed by atoms with E-state index < -0.39 is 0 Å². The van der Waals surface area contributed by atoms with Crippen LogP contribution >= 0.6 is 38.9 Å². The summed E-state index contributed by atoms with van der Waals surface area (Å²) in [7, 11) is 0. The third-order valence-electron chi connectivity index (χ3n) is 3.55. The molecule has 1 unspecified atom stereocenters. The van der Waals surface area contributed by atoms with Crippen molar-refractivity contribution < 1.29 is 0 Å². The van der Waals surface area contributed by atoms with Gasteiger partial charge in [-0.25, -0.2) is 0 Å². The Labute approximate surface area is 141 Å². The van der Waals surface area contributed by atoms with Crippen LogP contribution in [0.1, 0.15) is 76.1 Å². The average Bonchev–Trinajstić information content (AvgIpc) is 2.76. The minimum atomic E-state index is 0.462. The monoisotopic (exact) mass is 379 g/mol. The number of unbranched alkanes of at least 4 members (excludes halogenated alkanes) is 6. The summed E-state index contributed by atoms with van der Waals surface area (Å²) in [6, 6.07) is 2.56. The van der Waals surface area contributed by atoms with E-state index in [0.717, 1.165) is 15.4 Å². The molecule has 0 aliphatic rings. The molecule has 0 radical (unpaired) electrons. The molecule has 1 aromatic rings. The molecule has 116 valence electrons. The highest BCUT2D eigenvalue weighted by atomic mass is 79.9. The molecule has 1 aromatic heterocycles. The normalized spacial score (nSPS) is 12.8. The van der Waals surface area contributed by atoms with E-state index in [2.05, 4.69) is 41.2 Å². The third kappa shape index (κ3) is 6.93. The van der Waals surface area contributed by atoms with Crippen molar-refractivity contribution in [2.75, 3.05) is 6.54 Å². The first-order chi connectivity index (χ1) is 9.69. The summed E-state index contributed by atoms with van der Waals surface area (Å²) in [6.45, 7) is 5.45. The minimum absolute atomic E-state index is 0.462. The Bertz CT molecular complexity index is 348. The molecule has 1 heterocycles. The number of hydrogen-bond acceptors (Lipinski definition) is 2. The van der Waals surface area contributed by atoms with Gasteiger partial charge in [0.1, 0.15) is 0 Å². The van der Waals surface area contributed by atoms with Crippen LogP contribution in [0.5, 0.6) is 0 Å². The van der Waals surface area contributed by atoms with Gasteiger partial charge in [-0.2, -0.15) is 0 Å². The number of hydrogen-bond donors (Lipinski definition) is 1. The van der Waals surface area contributed by atoms with E-state index in [-0.39, 0.29) is 0 Å². The highest BCUT2D eigenvalue weighted by Crippen LogP contribution is 2.36. The van der Waals surface area contributed by atoms with E-state index in [4.69, 9.17) is 11.6 Å². The van der Waals surface area contributed by atoms with E-state index >= 15 is 0 Å². The standard InChI is InChI=1S/C16H27BrClNS/c1-3-5-6-7-8-9-10-11-14(19-4-2)15-12-13(18)16(17)20-15/h12,14,19H,3-11H2,1-2H3. The smallest absolute Gasteiger partial charge is 0.0887 e. The summed E-state index contributed by atoms with van der Waals surface area (Å²) in [5.41, 5.74) is 0. The van der Waals surface area contributed by atoms with Gasteiger partial charge in [0, 0.05) is 10.9 Å². The average molecular weight is 381 g/mol. The lowest BCUT2D eigenvalue weighted by atomic mass is 10.0. The number of halogens is 2. The fraction of sp³-hybridized carbons (Fsp3) is 0.750. The molecule has 1 nitrogen and oxygen atoms in total. The zero-order valence-corrected chi connectivity index (χ0v) is 15.8. The summed E-state index contributed by atoms with van der Waals surface area (Å²) < 4.78 is 1.05. The van der Waals surface area contributed by atoms with Crippen LogP contribution in [-0.2, 0) is 0 Å². The van der Waals surface area contributed by atoms with Gasteiger partial charge in [0.05, 0.1) is 8.81 Å². The molecule has 0 bridgehead atoms. The lowest BCUT2D eigenvalue weighted by Gasteiger charge is -2.16. The zero-order chi connectivity index (χ0) is 14.8. The van der Waals surface area contributed by atoms with Gasteiger partial charge in [-0.3, -0.25) is 0 Å².